The summed E-state index contributed by atoms with van der Waals surface area (Å²) in [6.45, 7) is 9.49. The number of allylic oxidation sites excluding steroid dienone is 3. The Morgan fingerprint density at radius 3 is 2.73 bits per heavy atom. The van der Waals surface area contributed by atoms with Gasteiger partial charge >= 0.3 is 0 Å². The van der Waals surface area contributed by atoms with E-state index in [4.69, 9.17) is 9.47 Å². The second-order valence-electron chi connectivity index (χ2n) is 7.85. The van der Waals surface area contributed by atoms with Crippen LogP contribution in [-0.2, 0) is 9.47 Å². The van der Waals surface area contributed by atoms with Crippen molar-refractivity contribution in [3.63, 3.8) is 0 Å². The lowest BCUT2D eigenvalue weighted by atomic mass is 9.62. The van der Waals surface area contributed by atoms with Gasteiger partial charge < -0.3 is 9.47 Å². The lowest BCUT2D eigenvalue weighted by molar-refractivity contribution is 0.0162. The van der Waals surface area contributed by atoms with Crippen molar-refractivity contribution in [2.75, 3.05) is 19.8 Å². The number of hydrogen-bond acceptors (Lipinski definition) is 2. The lowest BCUT2D eigenvalue weighted by Crippen LogP contribution is -2.36. The first-order valence-electron chi connectivity index (χ1n) is 8.82. The Kier molecular flexibility index (Phi) is 4.89. The maximum Gasteiger partial charge on any atom is 0.0843 e. The van der Waals surface area contributed by atoms with E-state index in [-0.39, 0.29) is 6.10 Å². The van der Waals surface area contributed by atoms with Crippen LogP contribution in [0.3, 0.4) is 0 Å². The maximum atomic E-state index is 6.11. The van der Waals surface area contributed by atoms with Gasteiger partial charge in [0.15, 0.2) is 0 Å². The maximum absolute atomic E-state index is 6.11. The molecule has 2 heteroatoms. The minimum absolute atomic E-state index is 0.181. The average molecular weight is 302 g/mol. The third kappa shape index (κ3) is 3.55. The van der Waals surface area contributed by atoms with Gasteiger partial charge in [0, 0.05) is 12.5 Å². The van der Waals surface area contributed by atoms with Crippen molar-refractivity contribution in [2.24, 2.45) is 23.2 Å². The normalized spacial score (nSPS) is 38.4. The summed E-state index contributed by atoms with van der Waals surface area (Å²) in [7, 11) is 0. The molecule has 0 saturated carbocycles. The smallest absolute Gasteiger partial charge is 0.0843 e. The van der Waals surface area contributed by atoms with Crippen LogP contribution in [0.1, 0.15) is 40.0 Å². The van der Waals surface area contributed by atoms with Crippen LogP contribution in [0.4, 0.5) is 0 Å². The van der Waals surface area contributed by atoms with E-state index in [1.165, 1.54) is 18.4 Å². The topological polar surface area (TPSA) is 18.5 Å². The van der Waals surface area contributed by atoms with Gasteiger partial charge in [-0.05, 0) is 35.7 Å². The Labute approximate surface area is 135 Å². The average Bonchev–Trinajstić information content (AvgIpc) is 2.48. The summed E-state index contributed by atoms with van der Waals surface area (Å²) in [6.07, 6.45) is 14.9. The Morgan fingerprint density at radius 1 is 1.09 bits per heavy atom. The van der Waals surface area contributed by atoms with Crippen molar-refractivity contribution in [2.45, 2.75) is 46.1 Å². The van der Waals surface area contributed by atoms with Gasteiger partial charge in [-0.3, -0.25) is 0 Å². The number of ether oxygens (including phenoxy) is 2. The standard InChI is InChI=1S/C20H30O2/c1-15-8-9-18-17(12-20(18,2)3)14-21-13-16-6-4-5-7-19(16)22-11-10-15/h4-7,12,15-16,18-19H,8-11,13-14H2,1-3H3. The van der Waals surface area contributed by atoms with E-state index < -0.39 is 0 Å². The van der Waals surface area contributed by atoms with Crippen LogP contribution >= 0.6 is 0 Å². The summed E-state index contributed by atoms with van der Waals surface area (Å²) in [5.74, 6) is 1.79. The summed E-state index contributed by atoms with van der Waals surface area (Å²) < 4.78 is 12.1. The van der Waals surface area contributed by atoms with E-state index in [1.54, 1.807) is 0 Å². The minimum Gasteiger partial charge on any atom is -0.376 e. The first kappa shape index (κ1) is 16.0. The van der Waals surface area contributed by atoms with Gasteiger partial charge in [-0.2, -0.15) is 0 Å². The predicted octanol–water partition coefficient (Wildman–Crippen LogP) is 4.53. The predicted molar refractivity (Wildman–Crippen MR) is 90.7 cm³/mol. The lowest BCUT2D eigenvalue weighted by Gasteiger charge is -2.44. The molecular formula is C20H30O2. The van der Waals surface area contributed by atoms with Gasteiger partial charge in [0.1, 0.15) is 0 Å². The third-order valence-corrected chi connectivity index (χ3v) is 5.54. The van der Waals surface area contributed by atoms with Crippen molar-refractivity contribution in [3.05, 3.63) is 36.0 Å². The molecule has 3 aliphatic rings. The van der Waals surface area contributed by atoms with Gasteiger partial charge in [-0.1, -0.05) is 57.6 Å². The van der Waals surface area contributed by atoms with Gasteiger partial charge in [0.2, 0.25) is 0 Å². The van der Waals surface area contributed by atoms with E-state index in [9.17, 15) is 0 Å². The van der Waals surface area contributed by atoms with Gasteiger partial charge in [-0.25, -0.2) is 0 Å². The van der Waals surface area contributed by atoms with Crippen LogP contribution in [0.25, 0.3) is 0 Å². The summed E-state index contributed by atoms with van der Waals surface area (Å²) >= 11 is 0. The monoisotopic (exact) mass is 302 g/mol. The molecule has 0 amide bonds. The highest BCUT2D eigenvalue weighted by molar-refractivity contribution is 5.27. The summed E-state index contributed by atoms with van der Waals surface area (Å²) in [6, 6.07) is 0. The van der Waals surface area contributed by atoms with E-state index >= 15 is 0 Å². The molecule has 1 heterocycles. The van der Waals surface area contributed by atoms with Crippen molar-refractivity contribution < 1.29 is 9.47 Å². The fraction of sp³-hybridized carbons (Fsp3) is 0.700. The van der Waals surface area contributed by atoms with Crippen molar-refractivity contribution >= 4 is 0 Å². The second kappa shape index (κ2) is 6.72. The number of fused-ring (bicyclic) bond motifs is 2. The first-order valence-corrected chi connectivity index (χ1v) is 8.82. The van der Waals surface area contributed by atoms with Crippen LogP contribution in [0, 0.1) is 23.2 Å². The highest BCUT2D eigenvalue weighted by atomic mass is 16.5. The van der Waals surface area contributed by atoms with Gasteiger partial charge in [0.05, 0.1) is 19.3 Å². The molecule has 3 rings (SSSR count). The van der Waals surface area contributed by atoms with Crippen LogP contribution in [-0.4, -0.2) is 25.9 Å². The largest absolute Gasteiger partial charge is 0.376 e. The Hall–Kier alpha value is -0.860. The molecule has 0 aromatic rings. The zero-order chi connectivity index (χ0) is 15.6. The van der Waals surface area contributed by atoms with E-state index in [2.05, 4.69) is 51.2 Å². The molecule has 22 heavy (non-hydrogen) atoms. The molecule has 122 valence electrons. The zero-order valence-corrected chi connectivity index (χ0v) is 14.3. The van der Waals surface area contributed by atoms with E-state index in [0.29, 0.717) is 17.3 Å². The molecule has 2 nitrogen and oxygen atoms in total. The van der Waals surface area contributed by atoms with E-state index in [1.807, 2.05) is 0 Å². The molecule has 0 N–H and O–H groups in total. The molecule has 4 unspecified atom stereocenters. The third-order valence-electron chi connectivity index (χ3n) is 5.54. The van der Waals surface area contributed by atoms with Crippen LogP contribution in [0.5, 0.6) is 0 Å². The van der Waals surface area contributed by atoms with Crippen molar-refractivity contribution in [1.29, 1.82) is 0 Å². The minimum atomic E-state index is 0.181. The Balaban J connectivity index is 1.67. The van der Waals surface area contributed by atoms with E-state index in [0.717, 1.165) is 32.2 Å². The molecule has 1 aliphatic heterocycles. The fourth-order valence-electron chi connectivity index (χ4n) is 4.04. The highest BCUT2D eigenvalue weighted by Gasteiger charge is 2.39. The highest BCUT2D eigenvalue weighted by Crippen LogP contribution is 2.47. The molecule has 1 fully saturated rings. The Bertz CT molecular complexity index is 472. The molecule has 0 spiro atoms. The fourth-order valence-corrected chi connectivity index (χ4v) is 4.04. The SMILES string of the molecule is CC1CCOC2C=CC=CC2COCC2=CC(C)(C)C2CC1. The molecular weight excluding hydrogens is 272 g/mol. The molecule has 0 aromatic heterocycles. The van der Waals surface area contributed by atoms with Crippen LogP contribution in [0.15, 0.2) is 36.0 Å². The number of hydrogen-bond donors (Lipinski definition) is 0. The van der Waals surface area contributed by atoms with Gasteiger partial charge in [0.25, 0.3) is 0 Å². The van der Waals surface area contributed by atoms with Crippen molar-refractivity contribution in [1.82, 2.24) is 0 Å². The molecule has 1 saturated heterocycles. The summed E-state index contributed by atoms with van der Waals surface area (Å²) in [4.78, 5) is 0. The number of rotatable bonds is 0. The summed E-state index contributed by atoms with van der Waals surface area (Å²) in [5.41, 5.74) is 1.87. The first-order chi connectivity index (χ1) is 10.6. The molecule has 0 aromatic carbocycles. The zero-order valence-electron chi connectivity index (χ0n) is 14.3. The molecule has 4 atom stereocenters. The Morgan fingerprint density at radius 2 is 1.91 bits per heavy atom. The molecule has 0 bridgehead atoms. The molecule has 2 aliphatic carbocycles. The van der Waals surface area contributed by atoms with Crippen LogP contribution in [0.2, 0.25) is 0 Å². The summed E-state index contributed by atoms with van der Waals surface area (Å²) in [5, 5.41) is 0. The van der Waals surface area contributed by atoms with Crippen LogP contribution < -0.4 is 0 Å². The quantitative estimate of drug-likeness (QED) is 0.612. The van der Waals surface area contributed by atoms with Crippen molar-refractivity contribution in [3.8, 4) is 0 Å². The van der Waals surface area contributed by atoms with Gasteiger partial charge in [-0.15, -0.1) is 0 Å². The second-order valence-corrected chi connectivity index (χ2v) is 7.85. The molecule has 0 radical (unpaired) electrons.